The van der Waals surface area contributed by atoms with Crippen molar-refractivity contribution >= 4 is 11.5 Å². The van der Waals surface area contributed by atoms with E-state index in [9.17, 15) is 0 Å². The molecule has 3 aromatic rings. The number of nitrogens with zero attached hydrogens (tertiary/aromatic N) is 5. The molecule has 6 nitrogen and oxygen atoms in total. The average Bonchev–Trinajstić information content (AvgIpc) is 2.94. The van der Waals surface area contributed by atoms with Crippen molar-refractivity contribution in [2.24, 2.45) is 7.05 Å². The lowest BCUT2D eigenvalue weighted by molar-refractivity contribution is 0.730. The first-order chi connectivity index (χ1) is 9.56. The van der Waals surface area contributed by atoms with Crippen LogP contribution in [-0.4, -0.2) is 24.4 Å². The van der Waals surface area contributed by atoms with Crippen LogP contribution in [0.2, 0.25) is 0 Å². The van der Waals surface area contributed by atoms with Gasteiger partial charge in [0.15, 0.2) is 5.65 Å². The molecule has 0 spiro atoms. The second-order valence-electron chi connectivity index (χ2n) is 5.07. The Bertz CT molecular complexity index is 767. The Morgan fingerprint density at radius 2 is 2.00 bits per heavy atom. The van der Waals surface area contributed by atoms with E-state index >= 15 is 0 Å². The molecule has 0 amide bonds. The van der Waals surface area contributed by atoms with Gasteiger partial charge in [-0.3, -0.25) is 4.68 Å². The Morgan fingerprint density at radius 3 is 2.70 bits per heavy atom. The van der Waals surface area contributed by atoms with Crippen molar-refractivity contribution in [2.45, 2.75) is 27.3 Å². The van der Waals surface area contributed by atoms with E-state index in [-0.39, 0.29) is 0 Å². The maximum absolute atomic E-state index is 4.43. The van der Waals surface area contributed by atoms with Crippen LogP contribution in [0.4, 0.5) is 5.82 Å². The zero-order valence-corrected chi connectivity index (χ0v) is 12.2. The zero-order valence-electron chi connectivity index (χ0n) is 12.2. The highest BCUT2D eigenvalue weighted by Gasteiger charge is 2.10. The molecule has 1 N–H and O–H groups in total. The van der Waals surface area contributed by atoms with Gasteiger partial charge in [-0.25, -0.2) is 4.98 Å². The maximum atomic E-state index is 4.43. The highest BCUT2D eigenvalue weighted by molar-refractivity contribution is 5.51. The van der Waals surface area contributed by atoms with Gasteiger partial charge in [-0.15, -0.1) is 0 Å². The number of pyridine rings is 1. The lowest BCUT2D eigenvalue weighted by atomic mass is 10.2. The number of hydrogen-bond acceptors (Lipinski definition) is 4. The molecule has 0 aliphatic rings. The minimum Gasteiger partial charge on any atom is -0.366 e. The number of rotatable bonds is 3. The summed E-state index contributed by atoms with van der Waals surface area (Å²) in [4.78, 5) is 4.23. The van der Waals surface area contributed by atoms with Crippen molar-refractivity contribution in [1.82, 2.24) is 24.4 Å². The van der Waals surface area contributed by atoms with E-state index < -0.39 is 0 Å². The van der Waals surface area contributed by atoms with Gasteiger partial charge in [0.05, 0.1) is 5.69 Å². The molecule has 0 aliphatic carbocycles. The molecular formula is C14H18N6. The van der Waals surface area contributed by atoms with Crippen LogP contribution in [0, 0.1) is 20.8 Å². The summed E-state index contributed by atoms with van der Waals surface area (Å²) in [6.07, 6.45) is 1.57. The maximum Gasteiger partial charge on any atom is 0.157 e. The summed E-state index contributed by atoms with van der Waals surface area (Å²) in [5, 5.41) is 12.1. The molecule has 3 rings (SSSR count). The minimum atomic E-state index is 0.726. The number of aryl methyl sites for hydroxylation is 3. The summed E-state index contributed by atoms with van der Waals surface area (Å²) in [5.41, 5.74) is 5.47. The molecule has 20 heavy (non-hydrogen) atoms. The van der Waals surface area contributed by atoms with Crippen LogP contribution in [0.3, 0.4) is 0 Å². The second kappa shape index (κ2) is 4.63. The van der Waals surface area contributed by atoms with E-state index in [0.717, 1.165) is 29.3 Å². The Labute approximate surface area is 117 Å². The minimum absolute atomic E-state index is 0.726. The molecule has 0 atom stereocenters. The predicted octanol–water partition coefficient (Wildman–Crippen LogP) is 2.00. The normalized spacial score (nSPS) is 11.2. The monoisotopic (exact) mass is 270 g/mol. The predicted molar refractivity (Wildman–Crippen MR) is 77.7 cm³/mol. The third-order valence-electron chi connectivity index (χ3n) is 3.63. The lowest BCUT2D eigenvalue weighted by Crippen LogP contribution is -2.07. The van der Waals surface area contributed by atoms with Crippen LogP contribution in [-0.2, 0) is 13.6 Å². The van der Waals surface area contributed by atoms with Crippen LogP contribution >= 0.6 is 0 Å². The third-order valence-corrected chi connectivity index (χ3v) is 3.63. The molecule has 0 aromatic carbocycles. The molecule has 0 bridgehead atoms. The first-order valence-electron chi connectivity index (χ1n) is 6.59. The summed E-state index contributed by atoms with van der Waals surface area (Å²) >= 11 is 0. The zero-order chi connectivity index (χ0) is 14.3. The molecule has 0 fully saturated rings. The number of nitrogens with one attached hydrogen (secondary N) is 1. The summed E-state index contributed by atoms with van der Waals surface area (Å²) in [7, 11) is 1.97. The van der Waals surface area contributed by atoms with E-state index in [1.54, 1.807) is 6.33 Å². The molecule has 0 unspecified atom stereocenters. The largest absolute Gasteiger partial charge is 0.366 e. The Balaban J connectivity index is 1.92. The third kappa shape index (κ3) is 2.03. The molecule has 104 valence electrons. The van der Waals surface area contributed by atoms with Crippen molar-refractivity contribution < 1.29 is 0 Å². The fourth-order valence-electron chi connectivity index (χ4n) is 2.43. The molecule has 0 saturated heterocycles. The fourth-order valence-corrected chi connectivity index (χ4v) is 2.43. The number of aromatic nitrogens is 5. The smallest absolute Gasteiger partial charge is 0.157 e. The van der Waals surface area contributed by atoms with Crippen LogP contribution in [0.25, 0.3) is 5.65 Å². The summed E-state index contributed by atoms with van der Waals surface area (Å²) < 4.78 is 3.72. The summed E-state index contributed by atoms with van der Waals surface area (Å²) in [5.74, 6) is 0.945. The van der Waals surface area contributed by atoms with Gasteiger partial charge in [-0.2, -0.15) is 14.7 Å². The van der Waals surface area contributed by atoms with Gasteiger partial charge < -0.3 is 5.32 Å². The van der Waals surface area contributed by atoms with Crippen LogP contribution in [0.1, 0.15) is 22.5 Å². The van der Waals surface area contributed by atoms with E-state index in [1.807, 2.05) is 29.2 Å². The first kappa shape index (κ1) is 12.7. The van der Waals surface area contributed by atoms with Crippen LogP contribution < -0.4 is 5.32 Å². The van der Waals surface area contributed by atoms with E-state index in [1.165, 1.54) is 11.3 Å². The topological polar surface area (TPSA) is 60.0 Å². The van der Waals surface area contributed by atoms with Gasteiger partial charge >= 0.3 is 0 Å². The van der Waals surface area contributed by atoms with Crippen LogP contribution in [0.15, 0.2) is 18.5 Å². The van der Waals surface area contributed by atoms with E-state index in [0.29, 0.717) is 0 Å². The molecule has 0 saturated carbocycles. The van der Waals surface area contributed by atoms with Crippen molar-refractivity contribution in [1.29, 1.82) is 0 Å². The van der Waals surface area contributed by atoms with Gasteiger partial charge in [0.1, 0.15) is 12.1 Å². The molecule has 6 heteroatoms. The fraction of sp³-hybridized carbons (Fsp3) is 0.357. The summed E-state index contributed by atoms with van der Waals surface area (Å²) in [6.45, 7) is 6.90. The highest BCUT2D eigenvalue weighted by atomic mass is 15.3. The van der Waals surface area contributed by atoms with Crippen molar-refractivity contribution in [3.63, 3.8) is 0 Å². The van der Waals surface area contributed by atoms with E-state index in [2.05, 4.69) is 40.4 Å². The van der Waals surface area contributed by atoms with Crippen molar-refractivity contribution in [3.8, 4) is 0 Å². The van der Waals surface area contributed by atoms with Crippen molar-refractivity contribution in [3.05, 3.63) is 41.0 Å². The molecular weight excluding hydrogens is 252 g/mol. The quantitative estimate of drug-likeness (QED) is 0.791. The Morgan fingerprint density at radius 1 is 1.20 bits per heavy atom. The highest BCUT2D eigenvalue weighted by Crippen LogP contribution is 2.17. The Kier molecular flexibility index (Phi) is 2.93. The number of anilines is 1. The molecule has 3 aromatic heterocycles. The summed E-state index contributed by atoms with van der Waals surface area (Å²) in [6, 6.07) is 4.08. The molecule has 0 aliphatic heterocycles. The molecule has 3 heterocycles. The van der Waals surface area contributed by atoms with Gasteiger partial charge in [-0.05, 0) is 38.5 Å². The lowest BCUT2D eigenvalue weighted by Gasteiger charge is -2.09. The van der Waals surface area contributed by atoms with Gasteiger partial charge in [0, 0.05) is 24.8 Å². The van der Waals surface area contributed by atoms with Gasteiger partial charge in [-0.1, -0.05) is 0 Å². The van der Waals surface area contributed by atoms with Crippen LogP contribution in [0.5, 0.6) is 0 Å². The Hall–Kier alpha value is -2.37. The SMILES string of the molecule is Cc1cc(NCc2c(C)nn(C)c2C)n2ncnc2c1. The van der Waals surface area contributed by atoms with Gasteiger partial charge in [0.25, 0.3) is 0 Å². The first-order valence-corrected chi connectivity index (χ1v) is 6.59. The standard InChI is InChI=1S/C14H18N6/c1-9-5-13(20-14(6-9)16-8-17-20)15-7-12-10(2)18-19(4)11(12)3/h5-6,8,15H,7H2,1-4H3. The second-order valence-corrected chi connectivity index (χ2v) is 5.07. The van der Waals surface area contributed by atoms with Crippen molar-refractivity contribution in [2.75, 3.05) is 5.32 Å². The van der Waals surface area contributed by atoms with E-state index in [4.69, 9.17) is 0 Å². The average molecular weight is 270 g/mol. The number of fused-ring (bicyclic) bond motifs is 1. The molecule has 0 radical (unpaired) electrons. The van der Waals surface area contributed by atoms with Gasteiger partial charge in [0.2, 0.25) is 0 Å². The number of hydrogen-bond donors (Lipinski definition) is 1.